The van der Waals surface area contributed by atoms with Crippen molar-refractivity contribution in [1.82, 2.24) is 9.55 Å². The van der Waals surface area contributed by atoms with E-state index in [2.05, 4.69) is 10.3 Å². The zero-order valence-electron chi connectivity index (χ0n) is 12.8. The Morgan fingerprint density at radius 3 is 3.00 bits per heavy atom. The van der Waals surface area contributed by atoms with E-state index in [0.29, 0.717) is 16.3 Å². The summed E-state index contributed by atoms with van der Waals surface area (Å²) in [7, 11) is 1.86. The predicted molar refractivity (Wildman–Crippen MR) is 90.1 cm³/mol. The Bertz CT molecular complexity index is 872. The molecule has 24 heavy (non-hydrogen) atoms. The van der Waals surface area contributed by atoms with Crippen molar-refractivity contribution in [3.05, 3.63) is 66.6 Å². The predicted octanol–water partition coefficient (Wildman–Crippen LogP) is 3.96. The minimum Gasteiger partial charge on any atom is -0.465 e. The summed E-state index contributed by atoms with van der Waals surface area (Å²) in [5, 5.41) is 3.42. The summed E-state index contributed by atoms with van der Waals surface area (Å²) in [5.41, 5.74) is 0.386. The molecule has 1 N–H and O–H groups in total. The Kier molecular flexibility index (Phi) is 4.81. The third-order valence-corrected chi connectivity index (χ3v) is 4.27. The summed E-state index contributed by atoms with van der Waals surface area (Å²) in [6.07, 6.45) is 7.89. The zero-order valence-corrected chi connectivity index (χ0v) is 13.6. The van der Waals surface area contributed by atoms with Gasteiger partial charge in [-0.2, -0.15) is 0 Å². The van der Waals surface area contributed by atoms with E-state index in [9.17, 15) is 9.18 Å². The van der Waals surface area contributed by atoms with Gasteiger partial charge < -0.3 is 14.3 Å². The van der Waals surface area contributed by atoms with Gasteiger partial charge in [-0.05, 0) is 48.2 Å². The number of benzene rings is 1. The zero-order chi connectivity index (χ0) is 16.9. The van der Waals surface area contributed by atoms with Gasteiger partial charge in [-0.1, -0.05) is 0 Å². The van der Waals surface area contributed by atoms with Crippen LogP contribution in [0.1, 0.15) is 5.76 Å². The number of aryl methyl sites for hydroxylation is 1. The molecule has 0 bridgehead atoms. The van der Waals surface area contributed by atoms with Gasteiger partial charge >= 0.3 is 0 Å². The van der Waals surface area contributed by atoms with Gasteiger partial charge in [-0.15, -0.1) is 0 Å². The van der Waals surface area contributed by atoms with Crippen LogP contribution in [0, 0.1) is 5.82 Å². The first-order chi connectivity index (χ1) is 11.6. The van der Waals surface area contributed by atoms with Crippen LogP contribution in [0.15, 0.2) is 69.5 Å². The number of furan rings is 1. The third-order valence-electron chi connectivity index (χ3n) is 3.12. The molecule has 0 aliphatic carbocycles. The number of hydrogen-bond donors (Lipinski definition) is 1. The molecule has 0 fully saturated rings. The molecule has 0 unspecified atom stereocenters. The van der Waals surface area contributed by atoms with Gasteiger partial charge in [0, 0.05) is 30.4 Å². The summed E-state index contributed by atoms with van der Waals surface area (Å²) < 4.78 is 20.5. The summed E-state index contributed by atoms with van der Waals surface area (Å²) in [6.45, 7) is 0. The van der Waals surface area contributed by atoms with Crippen molar-refractivity contribution >= 4 is 29.4 Å². The Morgan fingerprint density at radius 1 is 1.42 bits per heavy atom. The Morgan fingerprint density at radius 2 is 2.29 bits per heavy atom. The lowest BCUT2D eigenvalue weighted by molar-refractivity contribution is -0.111. The molecule has 5 nitrogen and oxygen atoms in total. The van der Waals surface area contributed by atoms with Crippen molar-refractivity contribution in [2.24, 2.45) is 7.05 Å². The molecule has 0 aliphatic rings. The molecule has 0 spiro atoms. The lowest BCUT2D eigenvalue weighted by atomic mass is 10.3. The molecule has 7 heteroatoms. The molecular formula is C17H14FN3O2S. The number of amides is 1. The van der Waals surface area contributed by atoms with Gasteiger partial charge in [-0.3, -0.25) is 4.79 Å². The summed E-state index contributed by atoms with van der Waals surface area (Å²) in [5.74, 6) is -0.241. The van der Waals surface area contributed by atoms with E-state index in [1.165, 1.54) is 36.2 Å². The maximum atomic E-state index is 13.6. The number of anilines is 1. The molecule has 0 radical (unpaired) electrons. The van der Waals surface area contributed by atoms with Gasteiger partial charge in [0.25, 0.3) is 0 Å². The van der Waals surface area contributed by atoms with Crippen LogP contribution in [0.25, 0.3) is 6.08 Å². The molecular weight excluding hydrogens is 329 g/mol. The molecule has 3 aromatic rings. The maximum absolute atomic E-state index is 13.6. The molecule has 1 amide bonds. The van der Waals surface area contributed by atoms with Crippen LogP contribution >= 0.6 is 11.8 Å². The highest BCUT2D eigenvalue weighted by Crippen LogP contribution is 2.32. The molecule has 0 aliphatic heterocycles. The van der Waals surface area contributed by atoms with Gasteiger partial charge in [0.1, 0.15) is 11.6 Å². The number of rotatable bonds is 5. The van der Waals surface area contributed by atoms with E-state index in [1.807, 2.05) is 17.8 Å². The lowest BCUT2D eigenvalue weighted by Gasteiger charge is -2.09. The minimum absolute atomic E-state index is 0.376. The summed E-state index contributed by atoms with van der Waals surface area (Å²) in [4.78, 5) is 17.0. The number of carbonyl (C=O) groups excluding carboxylic acids is 1. The van der Waals surface area contributed by atoms with Crippen LogP contribution in [-0.2, 0) is 11.8 Å². The molecule has 0 saturated heterocycles. The smallest absolute Gasteiger partial charge is 0.248 e. The van der Waals surface area contributed by atoms with Crippen molar-refractivity contribution in [3.8, 4) is 0 Å². The maximum Gasteiger partial charge on any atom is 0.248 e. The van der Waals surface area contributed by atoms with Crippen molar-refractivity contribution in [3.63, 3.8) is 0 Å². The van der Waals surface area contributed by atoms with Crippen LogP contribution in [0.5, 0.6) is 0 Å². The molecule has 0 atom stereocenters. The van der Waals surface area contributed by atoms with E-state index >= 15 is 0 Å². The fourth-order valence-electron chi connectivity index (χ4n) is 1.96. The normalized spacial score (nSPS) is 11.1. The Hall–Kier alpha value is -2.80. The molecule has 3 rings (SSSR count). The van der Waals surface area contributed by atoms with Crippen LogP contribution in [-0.4, -0.2) is 15.5 Å². The second-order valence-corrected chi connectivity index (χ2v) is 5.91. The van der Waals surface area contributed by atoms with E-state index in [0.717, 1.165) is 5.16 Å². The van der Waals surface area contributed by atoms with E-state index in [-0.39, 0.29) is 5.91 Å². The van der Waals surface area contributed by atoms with Gasteiger partial charge in [0.2, 0.25) is 5.91 Å². The minimum atomic E-state index is -0.426. The fraction of sp³-hybridized carbons (Fsp3) is 0.0588. The number of hydrogen-bond acceptors (Lipinski definition) is 4. The van der Waals surface area contributed by atoms with Crippen LogP contribution in [0.2, 0.25) is 0 Å². The number of nitrogens with one attached hydrogen (secondary N) is 1. The molecule has 2 aromatic heterocycles. The first kappa shape index (κ1) is 16.1. The average Bonchev–Trinajstić information content (AvgIpc) is 3.20. The quantitative estimate of drug-likeness (QED) is 0.713. The van der Waals surface area contributed by atoms with Crippen molar-refractivity contribution in [1.29, 1.82) is 0 Å². The first-order valence-electron chi connectivity index (χ1n) is 7.09. The number of imidazole rings is 1. The summed E-state index contributed by atoms with van der Waals surface area (Å²) >= 11 is 1.34. The molecule has 122 valence electrons. The largest absolute Gasteiger partial charge is 0.465 e. The Balaban J connectivity index is 1.78. The SMILES string of the molecule is Cn1ccnc1Sc1ccc(F)cc1NC(=O)C=Cc1ccco1. The molecule has 0 saturated carbocycles. The fourth-order valence-corrected chi connectivity index (χ4v) is 2.83. The van der Waals surface area contributed by atoms with Crippen molar-refractivity contribution in [2.45, 2.75) is 10.1 Å². The van der Waals surface area contributed by atoms with E-state index in [4.69, 9.17) is 4.42 Å². The highest BCUT2D eigenvalue weighted by molar-refractivity contribution is 7.99. The molecule has 1 aromatic carbocycles. The third kappa shape index (κ3) is 3.94. The number of nitrogens with zero attached hydrogens (tertiary/aromatic N) is 2. The van der Waals surface area contributed by atoms with Crippen LogP contribution < -0.4 is 5.32 Å². The lowest BCUT2D eigenvalue weighted by Crippen LogP contribution is -2.09. The molecule has 2 heterocycles. The van der Waals surface area contributed by atoms with Gasteiger partial charge in [0.05, 0.1) is 12.0 Å². The van der Waals surface area contributed by atoms with Crippen LogP contribution in [0.3, 0.4) is 0 Å². The standard InChI is InChI=1S/C17H14FN3O2S/c1-21-9-8-19-17(21)24-15-6-4-12(18)11-14(15)20-16(22)7-5-13-3-2-10-23-13/h2-11H,1H3,(H,20,22). The number of carbonyl (C=O) groups is 1. The first-order valence-corrected chi connectivity index (χ1v) is 7.91. The number of aromatic nitrogens is 2. The highest BCUT2D eigenvalue weighted by Gasteiger charge is 2.10. The second-order valence-electron chi connectivity index (χ2n) is 4.90. The topological polar surface area (TPSA) is 60.1 Å². The van der Waals surface area contributed by atoms with Crippen molar-refractivity contribution in [2.75, 3.05) is 5.32 Å². The number of halogens is 1. The van der Waals surface area contributed by atoms with Crippen molar-refractivity contribution < 1.29 is 13.6 Å². The Labute approximate surface area is 142 Å². The second kappa shape index (κ2) is 7.18. The van der Waals surface area contributed by atoms with E-state index < -0.39 is 5.82 Å². The monoisotopic (exact) mass is 343 g/mol. The summed E-state index contributed by atoms with van der Waals surface area (Å²) in [6, 6.07) is 7.70. The van der Waals surface area contributed by atoms with Gasteiger partial charge in [0.15, 0.2) is 5.16 Å². The van der Waals surface area contributed by atoms with E-state index in [1.54, 1.807) is 30.5 Å². The highest BCUT2D eigenvalue weighted by atomic mass is 32.2. The van der Waals surface area contributed by atoms with Gasteiger partial charge in [-0.25, -0.2) is 9.37 Å². The average molecular weight is 343 g/mol. The van der Waals surface area contributed by atoms with Crippen LogP contribution in [0.4, 0.5) is 10.1 Å².